The molecule has 1 aromatic heterocycles. The van der Waals surface area contributed by atoms with Crippen molar-refractivity contribution in [2.75, 3.05) is 13.2 Å². The molecule has 1 N–H and O–H groups in total. The van der Waals surface area contributed by atoms with Crippen LogP contribution in [0.1, 0.15) is 35.2 Å². The highest BCUT2D eigenvalue weighted by Gasteiger charge is 2.17. The Morgan fingerprint density at radius 2 is 2.00 bits per heavy atom. The van der Waals surface area contributed by atoms with Gasteiger partial charge in [-0.05, 0) is 18.9 Å². The number of aromatic nitrogens is 1. The predicted molar refractivity (Wildman–Crippen MR) is 85.4 cm³/mol. The van der Waals surface area contributed by atoms with Gasteiger partial charge in [0.15, 0.2) is 12.1 Å². The Morgan fingerprint density at radius 3 is 2.75 bits per heavy atom. The van der Waals surface area contributed by atoms with Gasteiger partial charge in [-0.15, -0.1) is 0 Å². The molecule has 1 aromatic carbocycles. The average Bonchev–Trinajstić information content (AvgIpc) is 3.07. The summed E-state index contributed by atoms with van der Waals surface area (Å²) in [6.07, 6.45) is 1.78. The summed E-state index contributed by atoms with van der Waals surface area (Å²) in [5.41, 5.74) is 1.11. The van der Waals surface area contributed by atoms with Gasteiger partial charge in [-0.25, -0.2) is 14.6 Å². The minimum absolute atomic E-state index is 0.184. The molecule has 0 radical (unpaired) electrons. The van der Waals surface area contributed by atoms with E-state index in [1.165, 1.54) is 6.39 Å². The molecule has 0 aliphatic carbocycles. The van der Waals surface area contributed by atoms with Crippen LogP contribution in [0.4, 0.5) is 4.79 Å². The number of oxazole rings is 1. The van der Waals surface area contributed by atoms with Gasteiger partial charge in [-0.1, -0.05) is 30.3 Å². The minimum Gasteiger partial charge on any atom is -0.461 e. The number of carbonyl (C=O) groups is 2. The van der Waals surface area contributed by atoms with Crippen molar-refractivity contribution in [2.45, 2.75) is 26.4 Å². The van der Waals surface area contributed by atoms with Crippen molar-refractivity contribution in [3.05, 3.63) is 53.7 Å². The van der Waals surface area contributed by atoms with E-state index >= 15 is 0 Å². The van der Waals surface area contributed by atoms with Crippen LogP contribution in [0.25, 0.3) is 0 Å². The molecule has 2 rings (SSSR count). The summed E-state index contributed by atoms with van der Waals surface area (Å²) in [5.74, 6) is -0.0515. The van der Waals surface area contributed by atoms with E-state index in [1.54, 1.807) is 6.92 Å². The van der Waals surface area contributed by atoms with E-state index in [9.17, 15) is 9.59 Å². The monoisotopic (exact) mass is 332 g/mol. The fourth-order valence-electron chi connectivity index (χ4n) is 2.03. The van der Waals surface area contributed by atoms with Gasteiger partial charge in [0.1, 0.15) is 12.4 Å². The number of nitrogens with zero attached hydrogens (tertiary/aromatic N) is 1. The first kappa shape index (κ1) is 17.5. The number of rotatable bonds is 8. The molecule has 0 bridgehead atoms. The fraction of sp³-hybridized carbons (Fsp3) is 0.353. The van der Waals surface area contributed by atoms with Gasteiger partial charge in [0.25, 0.3) is 0 Å². The zero-order valence-electron chi connectivity index (χ0n) is 13.5. The van der Waals surface area contributed by atoms with Gasteiger partial charge < -0.3 is 19.2 Å². The highest BCUT2D eigenvalue weighted by molar-refractivity contribution is 5.88. The Kier molecular flexibility index (Phi) is 6.82. The van der Waals surface area contributed by atoms with Crippen LogP contribution in [0.5, 0.6) is 0 Å². The Hall–Kier alpha value is -2.83. The van der Waals surface area contributed by atoms with Crippen LogP contribution in [0.15, 0.2) is 41.1 Å². The largest absolute Gasteiger partial charge is 0.461 e. The van der Waals surface area contributed by atoms with E-state index in [0.29, 0.717) is 25.1 Å². The van der Waals surface area contributed by atoms with Crippen LogP contribution in [0.3, 0.4) is 0 Å². The third-order valence-corrected chi connectivity index (χ3v) is 3.17. The van der Waals surface area contributed by atoms with Crippen LogP contribution in [-0.4, -0.2) is 30.2 Å². The number of benzene rings is 1. The van der Waals surface area contributed by atoms with E-state index in [2.05, 4.69) is 10.3 Å². The normalized spacial score (nSPS) is 10.2. The number of nitrogens with one attached hydrogen (secondary N) is 1. The molecule has 0 atom stereocenters. The van der Waals surface area contributed by atoms with Crippen LogP contribution in [-0.2, 0) is 22.5 Å². The highest BCUT2D eigenvalue weighted by atomic mass is 16.5. The van der Waals surface area contributed by atoms with Gasteiger partial charge in [0.2, 0.25) is 0 Å². The van der Waals surface area contributed by atoms with Gasteiger partial charge in [0.05, 0.1) is 6.61 Å². The van der Waals surface area contributed by atoms with Crippen LogP contribution in [0.2, 0.25) is 0 Å². The summed E-state index contributed by atoms with van der Waals surface area (Å²) in [6, 6.07) is 9.43. The second-order valence-electron chi connectivity index (χ2n) is 4.94. The van der Waals surface area contributed by atoms with Crippen molar-refractivity contribution < 1.29 is 23.5 Å². The zero-order valence-corrected chi connectivity index (χ0v) is 13.5. The molecule has 128 valence electrons. The molecule has 1 amide bonds. The summed E-state index contributed by atoms with van der Waals surface area (Å²) in [7, 11) is 0. The van der Waals surface area contributed by atoms with E-state index < -0.39 is 12.1 Å². The Bertz CT molecular complexity index is 654. The number of alkyl carbamates (subject to hydrolysis) is 1. The Morgan fingerprint density at radius 1 is 1.21 bits per heavy atom. The van der Waals surface area contributed by atoms with Gasteiger partial charge in [-0.3, -0.25) is 0 Å². The van der Waals surface area contributed by atoms with Crippen molar-refractivity contribution in [2.24, 2.45) is 0 Å². The molecule has 0 fully saturated rings. The lowest BCUT2D eigenvalue weighted by molar-refractivity contribution is 0.0517. The molecule has 0 unspecified atom stereocenters. The topological polar surface area (TPSA) is 90.7 Å². The standard InChI is InChI=1S/C17H20N2O5/c1-2-22-16(20)15-14(24-12-19-15)9-6-10-18-17(21)23-11-13-7-4-3-5-8-13/h3-5,7-8,12H,2,6,9-11H2,1H3,(H,18,21). The number of esters is 1. The Balaban J connectivity index is 1.67. The van der Waals surface area contributed by atoms with E-state index in [1.807, 2.05) is 30.3 Å². The summed E-state index contributed by atoms with van der Waals surface area (Å²) in [5, 5.41) is 2.65. The van der Waals surface area contributed by atoms with E-state index in [4.69, 9.17) is 13.9 Å². The fourth-order valence-corrected chi connectivity index (χ4v) is 2.03. The number of carbonyl (C=O) groups excluding carboxylic acids is 2. The molecule has 0 spiro atoms. The van der Waals surface area contributed by atoms with Crippen LogP contribution >= 0.6 is 0 Å². The molecule has 0 saturated carbocycles. The maximum atomic E-state index is 11.7. The van der Waals surface area contributed by atoms with Crippen molar-refractivity contribution >= 4 is 12.1 Å². The molecule has 24 heavy (non-hydrogen) atoms. The highest BCUT2D eigenvalue weighted by Crippen LogP contribution is 2.10. The number of aryl methyl sites for hydroxylation is 1. The van der Waals surface area contributed by atoms with Gasteiger partial charge in [0, 0.05) is 13.0 Å². The van der Waals surface area contributed by atoms with Crippen LogP contribution < -0.4 is 5.32 Å². The molecule has 0 aliphatic rings. The minimum atomic E-state index is -0.503. The maximum Gasteiger partial charge on any atom is 0.407 e. The van der Waals surface area contributed by atoms with Crippen LogP contribution in [0, 0.1) is 0 Å². The van der Waals surface area contributed by atoms with Crippen molar-refractivity contribution in [1.29, 1.82) is 0 Å². The predicted octanol–water partition coefficient (Wildman–Crippen LogP) is 2.71. The number of ether oxygens (including phenoxy) is 2. The van der Waals surface area contributed by atoms with Crippen molar-refractivity contribution in [1.82, 2.24) is 10.3 Å². The van der Waals surface area contributed by atoms with E-state index in [-0.39, 0.29) is 18.9 Å². The molecule has 7 heteroatoms. The Labute approximate surface area is 140 Å². The molecular weight excluding hydrogens is 312 g/mol. The first-order valence-corrected chi connectivity index (χ1v) is 7.74. The number of hydrogen-bond acceptors (Lipinski definition) is 6. The molecule has 2 aromatic rings. The summed E-state index contributed by atoms with van der Waals surface area (Å²) < 4.78 is 15.2. The second-order valence-corrected chi connectivity index (χ2v) is 4.94. The lowest BCUT2D eigenvalue weighted by Crippen LogP contribution is -2.25. The second kappa shape index (κ2) is 9.34. The maximum absolute atomic E-state index is 11.7. The molecule has 1 heterocycles. The van der Waals surface area contributed by atoms with Gasteiger partial charge >= 0.3 is 12.1 Å². The lowest BCUT2D eigenvalue weighted by Gasteiger charge is -2.07. The number of hydrogen-bond donors (Lipinski definition) is 1. The molecular formula is C17H20N2O5. The SMILES string of the molecule is CCOC(=O)c1ncoc1CCCNC(=O)OCc1ccccc1. The average molecular weight is 332 g/mol. The third-order valence-electron chi connectivity index (χ3n) is 3.17. The third kappa shape index (κ3) is 5.42. The van der Waals surface area contributed by atoms with E-state index in [0.717, 1.165) is 5.56 Å². The number of amides is 1. The van der Waals surface area contributed by atoms with Crippen molar-refractivity contribution in [3.63, 3.8) is 0 Å². The van der Waals surface area contributed by atoms with Gasteiger partial charge in [-0.2, -0.15) is 0 Å². The zero-order chi connectivity index (χ0) is 17.2. The first-order valence-electron chi connectivity index (χ1n) is 7.74. The quantitative estimate of drug-likeness (QED) is 0.590. The lowest BCUT2D eigenvalue weighted by atomic mass is 10.2. The molecule has 7 nitrogen and oxygen atoms in total. The van der Waals surface area contributed by atoms with Crippen molar-refractivity contribution in [3.8, 4) is 0 Å². The molecule has 0 aliphatic heterocycles. The summed E-state index contributed by atoms with van der Waals surface area (Å²) in [6.45, 7) is 2.63. The smallest absolute Gasteiger partial charge is 0.407 e. The summed E-state index contributed by atoms with van der Waals surface area (Å²) in [4.78, 5) is 27.1. The summed E-state index contributed by atoms with van der Waals surface area (Å²) >= 11 is 0. The molecule has 0 saturated heterocycles. The first-order chi connectivity index (χ1) is 11.7.